The van der Waals surface area contributed by atoms with Crippen LogP contribution in [0.1, 0.15) is 37.6 Å². The molecule has 1 aromatic heterocycles. The Labute approximate surface area is 204 Å². The van der Waals surface area contributed by atoms with Crippen molar-refractivity contribution in [2.75, 3.05) is 31.8 Å². The number of esters is 1. The number of rotatable bonds is 12. The molecule has 0 N–H and O–H groups in total. The van der Waals surface area contributed by atoms with E-state index in [1.165, 1.54) is 6.92 Å². The second-order valence-corrected chi connectivity index (χ2v) is 8.24. The number of unbranched alkanes of at least 4 members (excludes halogenated alkanes) is 1. The molecule has 0 unspecified atom stereocenters. The lowest BCUT2D eigenvalue weighted by Gasteiger charge is -2.17. The van der Waals surface area contributed by atoms with Crippen LogP contribution in [0.15, 0.2) is 53.7 Å². The first-order chi connectivity index (χ1) is 17.1. The van der Waals surface area contributed by atoms with E-state index in [4.69, 9.17) is 19.3 Å². The molecule has 35 heavy (non-hydrogen) atoms. The highest BCUT2D eigenvalue weighted by atomic mass is 16.6. The Kier molecular flexibility index (Phi) is 8.10. The number of fused-ring (bicyclic) bond motifs is 2. The maximum Gasteiger partial charge on any atom is 0.302 e. The molecule has 9 nitrogen and oxygen atoms in total. The van der Waals surface area contributed by atoms with E-state index in [1.54, 1.807) is 12.0 Å². The molecule has 0 radical (unpaired) electrons. The molecule has 4 rings (SSSR count). The van der Waals surface area contributed by atoms with Gasteiger partial charge < -0.3 is 18.9 Å². The second kappa shape index (κ2) is 11.6. The Balaban J connectivity index is 1.51. The number of hydrogen-bond acceptors (Lipinski definition) is 7. The first-order valence-electron chi connectivity index (χ1n) is 11.8. The molecule has 2 aromatic carbocycles. The zero-order valence-electron chi connectivity index (χ0n) is 20.1. The highest BCUT2D eigenvalue weighted by molar-refractivity contribution is 6.54. The predicted octanol–water partition coefficient (Wildman–Crippen LogP) is 3.68. The summed E-state index contributed by atoms with van der Waals surface area (Å²) in [7, 11) is 1.69. The predicted molar refractivity (Wildman–Crippen MR) is 132 cm³/mol. The second-order valence-electron chi connectivity index (χ2n) is 8.24. The van der Waals surface area contributed by atoms with Crippen LogP contribution in [0.2, 0.25) is 0 Å². The van der Waals surface area contributed by atoms with Crippen LogP contribution in [0.4, 0.5) is 5.69 Å². The summed E-state index contributed by atoms with van der Waals surface area (Å²) < 4.78 is 12.3. The van der Waals surface area contributed by atoms with Gasteiger partial charge in [-0.15, -0.1) is 0 Å². The molecule has 0 bridgehead atoms. The molecule has 1 aliphatic rings. The normalized spacial score (nSPS) is 14.1. The van der Waals surface area contributed by atoms with Gasteiger partial charge in [0.05, 0.1) is 29.9 Å². The molecule has 184 valence electrons. The fourth-order valence-electron chi connectivity index (χ4n) is 4.11. The minimum absolute atomic E-state index is 0.221. The van der Waals surface area contributed by atoms with Gasteiger partial charge >= 0.3 is 5.97 Å². The van der Waals surface area contributed by atoms with Crippen LogP contribution in [0.3, 0.4) is 0 Å². The lowest BCUT2D eigenvalue weighted by Crippen LogP contribution is -2.31. The maximum atomic E-state index is 13.4. The van der Waals surface area contributed by atoms with Crippen molar-refractivity contribution in [3.05, 3.63) is 59.9 Å². The third-order valence-corrected chi connectivity index (χ3v) is 5.75. The summed E-state index contributed by atoms with van der Waals surface area (Å²) in [5.41, 5.74) is 3.72. The van der Waals surface area contributed by atoms with Crippen LogP contribution >= 0.6 is 0 Å². The Morgan fingerprint density at radius 1 is 1.00 bits per heavy atom. The SMILES string of the molecule is COCCCn1c(CN2C(=O)/C(=N/OCCCCOC(C)=O)c3ccccc32)nc2ccccc21. The van der Waals surface area contributed by atoms with Crippen LogP contribution in [0, 0.1) is 0 Å². The zero-order valence-corrected chi connectivity index (χ0v) is 20.1. The van der Waals surface area contributed by atoms with E-state index in [2.05, 4.69) is 9.72 Å². The maximum absolute atomic E-state index is 13.4. The molecule has 0 saturated heterocycles. The summed E-state index contributed by atoms with van der Waals surface area (Å²) in [4.78, 5) is 36.2. The minimum atomic E-state index is -0.299. The molecule has 0 aliphatic carbocycles. The van der Waals surface area contributed by atoms with Gasteiger partial charge in [0.1, 0.15) is 12.4 Å². The Hall–Kier alpha value is -3.72. The number of para-hydroxylation sites is 3. The van der Waals surface area contributed by atoms with E-state index in [0.29, 0.717) is 39.2 Å². The number of ether oxygens (including phenoxy) is 2. The molecular formula is C26H30N4O5. The van der Waals surface area contributed by atoms with E-state index in [-0.39, 0.29) is 17.6 Å². The summed E-state index contributed by atoms with van der Waals surface area (Å²) in [6, 6.07) is 15.5. The molecule has 0 saturated carbocycles. The number of anilines is 1. The van der Waals surface area contributed by atoms with Gasteiger partial charge in [0.2, 0.25) is 0 Å². The zero-order chi connectivity index (χ0) is 24.6. The van der Waals surface area contributed by atoms with Crippen molar-refractivity contribution in [1.82, 2.24) is 9.55 Å². The van der Waals surface area contributed by atoms with E-state index in [0.717, 1.165) is 41.1 Å². The van der Waals surface area contributed by atoms with E-state index >= 15 is 0 Å². The van der Waals surface area contributed by atoms with Crippen molar-refractivity contribution in [1.29, 1.82) is 0 Å². The van der Waals surface area contributed by atoms with Gasteiger partial charge in [-0.3, -0.25) is 14.5 Å². The van der Waals surface area contributed by atoms with Crippen LogP contribution in [-0.2, 0) is 37.0 Å². The lowest BCUT2D eigenvalue weighted by molar-refractivity contribution is -0.141. The smallest absolute Gasteiger partial charge is 0.302 e. The van der Waals surface area contributed by atoms with Gasteiger partial charge in [0, 0.05) is 32.7 Å². The largest absolute Gasteiger partial charge is 0.466 e. The molecule has 3 aromatic rings. The van der Waals surface area contributed by atoms with Crippen LogP contribution in [0.25, 0.3) is 11.0 Å². The summed E-state index contributed by atoms with van der Waals surface area (Å²) in [6.07, 6.45) is 2.17. The average Bonchev–Trinajstić information content (AvgIpc) is 3.33. The fourth-order valence-corrected chi connectivity index (χ4v) is 4.11. The number of aryl methyl sites for hydroxylation is 1. The number of hydrogen-bond donors (Lipinski definition) is 0. The molecule has 1 amide bonds. The molecule has 2 heterocycles. The number of nitrogens with zero attached hydrogens (tertiary/aromatic N) is 4. The van der Waals surface area contributed by atoms with Gasteiger partial charge in [0.15, 0.2) is 5.71 Å². The van der Waals surface area contributed by atoms with Crippen LogP contribution in [-0.4, -0.2) is 54.1 Å². The standard InChI is InChI=1S/C26H30N4O5/c1-19(31)34-16-7-8-17-35-28-25-20-10-3-5-12-22(20)30(26(25)32)18-24-27-21-11-4-6-13-23(21)29(24)14-9-15-33-2/h3-6,10-13H,7-9,14-18H2,1-2H3/b28-25+. The van der Waals surface area contributed by atoms with Gasteiger partial charge in [-0.2, -0.15) is 0 Å². The fraction of sp³-hybridized carbons (Fsp3) is 0.385. The Morgan fingerprint density at radius 3 is 2.60 bits per heavy atom. The van der Waals surface area contributed by atoms with Crippen molar-refractivity contribution in [2.45, 2.75) is 39.3 Å². The number of methoxy groups -OCH3 is 1. The highest BCUT2D eigenvalue weighted by Gasteiger charge is 2.35. The summed E-state index contributed by atoms with van der Waals surface area (Å²) in [5.74, 6) is 0.284. The van der Waals surface area contributed by atoms with Gasteiger partial charge in [0.25, 0.3) is 5.91 Å². The van der Waals surface area contributed by atoms with Gasteiger partial charge in [-0.25, -0.2) is 4.98 Å². The first-order valence-corrected chi connectivity index (χ1v) is 11.8. The number of carbonyl (C=O) groups excluding carboxylic acids is 2. The molecule has 1 aliphatic heterocycles. The summed E-state index contributed by atoms with van der Waals surface area (Å²) in [6.45, 7) is 3.76. The van der Waals surface area contributed by atoms with E-state index < -0.39 is 0 Å². The van der Waals surface area contributed by atoms with Crippen molar-refractivity contribution in [3.8, 4) is 0 Å². The number of oxime groups is 1. The molecule has 0 fully saturated rings. The summed E-state index contributed by atoms with van der Waals surface area (Å²) in [5, 5.41) is 4.17. The van der Waals surface area contributed by atoms with Crippen molar-refractivity contribution >= 4 is 34.3 Å². The third kappa shape index (κ3) is 5.68. The average molecular weight is 479 g/mol. The van der Waals surface area contributed by atoms with Crippen LogP contribution in [0.5, 0.6) is 0 Å². The minimum Gasteiger partial charge on any atom is -0.466 e. The number of benzene rings is 2. The number of amides is 1. The monoisotopic (exact) mass is 478 g/mol. The number of carbonyl (C=O) groups is 2. The number of imidazole rings is 1. The topological polar surface area (TPSA) is 95.3 Å². The van der Waals surface area contributed by atoms with Gasteiger partial charge in [-0.1, -0.05) is 35.5 Å². The van der Waals surface area contributed by atoms with Gasteiger partial charge in [-0.05, 0) is 37.5 Å². The van der Waals surface area contributed by atoms with Crippen LogP contribution < -0.4 is 4.90 Å². The Morgan fingerprint density at radius 2 is 1.77 bits per heavy atom. The quantitative estimate of drug-likeness (QED) is 0.224. The highest BCUT2D eigenvalue weighted by Crippen LogP contribution is 2.31. The van der Waals surface area contributed by atoms with E-state index in [9.17, 15) is 9.59 Å². The van der Waals surface area contributed by atoms with E-state index in [1.807, 2.05) is 48.5 Å². The van der Waals surface area contributed by atoms with Crippen molar-refractivity contribution in [2.24, 2.45) is 5.16 Å². The third-order valence-electron chi connectivity index (χ3n) is 5.75. The molecule has 0 spiro atoms. The first kappa shape index (κ1) is 24.4. The number of aromatic nitrogens is 2. The Bertz CT molecular complexity index is 1220. The lowest BCUT2D eigenvalue weighted by atomic mass is 10.1. The molecule has 0 atom stereocenters. The molecular weight excluding hydrogens is 448 g/mol. The molecule has 9 heteroatoms. The summed E-state index contributed by atoms with van der Waals surface area (Å²) >= 11 is 0. The van der Waals surface area contributed by atoms with Crippen molar-refractivity contribution < 1.29 is 23.9 Å². The van der Waals surface area contributed by atoms with Crippen molar-refractivity contribution in [3.63, 3.8) is 0 Å².